The predicted octanol–water partition coefficient (Wildman–Crippen LogP) is 4.24. The molecule has 0 aromatic heterocycles. The van der Waals surface area contributed by atoms with E-state index in [1.807, 2.05) is 13.8 Å². The van der Waals surface area contributed by atoms with Crippen molar-refractivity contribution in [1.82, 2.24) is 0 Å². The fraction of sp³-hybridized carbons (Fsp3) is 0.167. The minimum atomic E-state index is -3.75. The van der Waals surface area contributed by atoms with Crippen molar-refractivity contribution in [2.45, 2.75) is 32.1 Å². The van der Waals surface area contributed by atoms with Gasteiger partial charge in [-0.05, 0) is 73.0 Å². The zero-order chi connectivity index (χ0) is 23.3. The Balaban J connectivity index is 1.66. The second kappa shape index (κ2) is 9.65. The van der Waals surface area contributed by atoms with Crippen LogP contribution in [0.25, 0.3) is 0 Å². The highest BCUT2D eigenvalue weighted by Crippen LogP contribution is 2.21. The summed E-state index contributed by atoms with van der Waals surface area (Å²) >= 11 is 0. The summed E-state index contributed by atoms with van der Waals surface area (Å²) in [5, 5.41) is 5.45. The van der Waals surface area contributed by atoms with Gasteiger partial charge in [0.15, 0.2) is 0 Å². The molecular weight excluding hydrogens is 426 g/mol. The van der Waals surface area contributed by atoms with Gasteiger partial charge in [0.05, 0.1) is 17.0 Å². The Morgan fingerprint density at radius 3 is 2.12 bits per heavy atom. The fourth-order valence-electron chi connectivity index (χ4n) is 3.06. The molecule has 3 aromatic rings. The van der Waals surface area contributed by atoms with E-state index in [0.717, 1.165) is 16.7 Å². The lowest BCUT2D eigenvalue weighted by Crippen LogP contribution is -2.16. The molecule has 8 heteroatoms. The molecule has 2 amide bonds. The molecule has 3 rings (SSSR count). The molecule has 0 fully saturated rings. The molecule has 0 atom stereocenters. The van der Waals surface area contributed by atoms with E-state index < -0.39 is 10.0 Å². The molecule has 0 unspecified atom stereocenters. The van der Waals surface area contributed by atoms with Gasteiger partial charge in [0, 0.05) is 18.3 Å². The van der Waals surface area contributed by atoms with Crippen LogP contribution in [0.5, 0.6) is 0 Å². The number of amides is 2. The number of anilines is 3. The topological polar surface area (TPSA) is 104 Å². The van der Waals surface area contributed by atoms with Gasteiger partial charge in [-0.25, -0.2) is 8.42 Å². The van der Waals surface area contributed by atoms with Crippen molar-refractivity contribution in [2.75, 3.05) is 15.4 Å². The van der Waals surface area contributed by atoms with E-state index in [-0.39, 0.29) is 23.1 Å². The lowest BCUT2D eigenvalue weighted by atomic mass is 10.1. The van der Waals surface area contributed by atoms with Gasteiger partial charge in [-0.2, -0.15) is 0 Å². The Morgan fingerprint density at radius 2 is 1.47 bits per heavy atom. The summed E-state index contributed by atoms with van der Waals surface area (Å²) in [7, 11) is -3.75. The van der Waals surface area contributed by atoms with Gasteiger partial charge in [-0.15, -0.1) is 0 Å². The Hall–Kier alpha value is -3.65. The summed E-state index contributed by atoms with van der Waals surface area (Å²) in [6.07, 6.45) is 0.138. The van der Waals surface area contributed by atoms with Gasteiger partial charge >= 0.3 is 0 Å². The largest absolute Gasteiger partial charge is 0.326 e. The van der Waals surface area contributed by atoms with Crippen molar-refractivity contribution < 1.29 is 18.0 Å². The number of hydrogen-bond acceptors (Lipinski definition) is 4. The van der Waals surface area contributed by atoms with Crippen LogP contribution in [0, 0.1) is 13.8 Å². The number of sulfonamides is 1. The van der Waals surface area contributed by atoms with E-state index in [4.69, 9.17) is 0 Å². The summed E-state index contributed by atoms with van der Waals surface area (Å²) in [4.78, 5) is 23.7. The van der Waals surface area contributed by atoms with Gasteiger partial charge < -0.3 is 10.6 Å². The van der Waals surface area contributed by atoms with Crippen molar-refractivity contribution >= 4 is 38.9 Å². The first-order chi connectivity index (χ1) is 15.1. The maximum Gasteiger partial charge on any atom is 0.261 e. The monoisotopic (exact) mass is 451 g/mol. The molecule has 0 bridgehead atoms. The zero-order valence-corrected chi connectivity index (χ0v) is 18.9. The summed E-state index contributed by atoms with van der Waals surface area (Å²) in [5.74, 6) is -0.407. The number of nitrogens with one attached hydrogen (secondary N) is 3. The summed E-state index contributed by atoms with van der Waals surface area (Å²) in [6.45, 7) is 5.21. The number of benzene rings is 3. The maximum absolute atomic E-state index is 12.7. The first kappa shape index (κ1) is 23.0. The standard InChI is InChI=1S/C24H25N3O4S/c1-16-7-12-23(13-17(16)2)32(30,31)27-22-6-4-5-21(15-22)26-24(29)14-19-8-10-20(11-9-19)25-18(3)28/h4-13,15,27H,14H2,1-3H3,(H,25,28)(H,26,29). The predicted molar refractivity (Wildman–Crippen MR) is 126 cm³/mol. The zero-order valence-electron chi connectivity index (χ0n) is 18.1. The molecule has 0 heterocycles. The molecule has 0 saturated heterocycles. The number of rotatable bonds is 7. The Morgan fingerprint density at radius 1 is 0.781 bits per heavy atom. The smallest absolute Gasteiger partial charge is 0.261 e. The van der Waals surface area contributed by atoms with Crippen LogP contribution >= 0.6 is 0 Å². The third-order valence-corrected chi connectivity index (χ3v) is 6.21. The highest BCUT2D eigenvalue weighted by Gasteiger charge is 2.15. The van der Waals surface area contributed by atoms with Crippen molar-refractivity contribution in [3.05, 3.63) is 83.4 Å². The van der Waals surface area contributed by atoms with Crippen molar-refractivity contribution in [1.29, 1.82) is 0 Å². The molecule has 3 aromatic carbocycles. The summed E-state index contributed by atoms with van der Waals surface area (Å²) < 4.78 is 28.0. The van der Waals surface area contributed by atoms with Crippen LogP contribution < -0.4 is 15.4 Å². The van der Waals surface area contributed by atoms with Crippen LogP contribution in [0.2, 0.25) is 0 Å². The van der Waals surface area contributed by atoms with E-state index in [1.165, 1.54) is 6.92 Å². The normalized spacial score (nSPS) is 11.0. The lowest BCUT2D eigenvalue weighted by Gasteiger charge is -2.12. The molecule has 0 aliphatic rings. The molecule has 7 nitrogen and oxygen atoms in total. The Labute approximate surface area is 187 Å². The van der Waals surface area contributed by atoms with Crippen LogP contribution in [0.4, 0.5) is 17.1 Å². The van der Waals surface area contributed by atoms with E-state index in [9.17, 15) is 18.0 Å². The molecular formula is C24H25N3O4S. The van der Waals surface area contributed by atoms with E-state index in [1.54, 1.807) is 66.7 Å². The van der Waals surface area contributed by atoms with E-state index >= 15 is 0 Å². The second-order valence-electron chi connectivity index (χ2n) is 7.54. The Kier molecular flexibility index (Phi) is 6.95. The molecule has 0 spiro atoms. The number of hydrogen-bond donors (Lipinski definition) is 3. The van der Waals surface area contributed by atoms with Crippen molar-refractivity contribution in [2.24, 2.45) is 0 Å². The molecule has 0 radical (unpaired) electrons. The maximum atomic E-state index is 12.7. The third-order valence-electron chi connectivity index (χ3n) is 4.83. The Bertz CT molecular complexity index is 1250. The molecule has 0 aliphatic heterocycles. The number of carbonyl (C=O) groups is 2. The van der Waals surface area contributed by atoms with E-state index in [2.05, 4.69) is 15.4 Å². The average molecular weight is 452 g/mol. The molecule has 32 heavy (non-hydrogen) atoms. The van der Waals surface area contributed by atoms with Crippen LogP contribution in [-0.2, 0) is 26.0 Å². The van der Waals surface area contributed by atoms with Gasteiger partial charge in [0.2, 0.25) is 11.8 Å². The van der Waals surface area contributed by atoms with Crippen LogP contribution in [0.1, 0.15) is 23.6 Å². The summed E-state index contributed by atoms with van der Waals surface area (Å²) in [6, 6.07) is 18.5. The average Bonchev–Trinajstić information content (AvgIpc) is 2.71. The van der Waals surface area contributed by atoms with Gasteiger partial charge in [0.1, 0.15) is 0 Å². The number of carbonyl (C=O) groups excluding carboxylic acids is 2. The van der Waals surface area contributed by atoms with Crippen molar-refractivity contribution in [3.63, 3.8) is 0 Å². The van der Waals surface area contributed by atoms with E-state index in [0.29, 0.717) is 17.1 Å². The highest BCUT2D eigenvalue weighted by molar-refractivity contribution is 7.92. The summed E-state index contributed by atoms with van der Waals surface area (Å²) in [5.41, 5.74) is 4.16. The van der Waals surface area contributed by atoms with Gasteiger partial charge in [-0.1, -0.05) is 24.3 Å². The SMILES string of the molecule is CC(=O)Nc1ccc(CC(=O)Nc2cccc(NS(=O)(=O)c3ccc(C)c(C)c3)c2)cc1. The molecule has 166 valence electrons. The van der Waals surface area contributed by atoms with Crippen LogP contribution in [-0.4, -0.2) is 20.2 Å². The first-order valence-electron chi connectivity index (χ1n) is 9.99. The second-order valence-corrected chi connectivity index (χ2v) is 9.22. The minimum Gasteiger partial charge on any atom is -0.326 e. The minimum absolute atomic E-state index is 0.138. The lowest BCUT2D eigenvalue weighted by molar-refractivity contribution is -0.116. The molecule has 3 N–H and O–H groups in total. The van der Waals surface area contributed by atoms with Gasteiger partial charge in [0.25, 0.3) is 10.0 Å². The highest BCUT2D eigenvalue weighted by atomic mass is 32.2. The molecule has 0 saturated carbocycles. The first-order valence-corrected chi connectivity index (χ1v) is 11.5. The van der Waals surface area contributed by atoms with Crippen molar-refractivity contribution in [3.8, 4) is 0 Å². The quantitative estimate of drug-likeness (QED) is 0.500. The number of aryl methyl sites for hydroxylation is 2. The third kappa shape index (κ3) is 6.18. The van der Waals surface area contributed by atoms with Crippen LogP contribution in [0.3, 0.4) is 0 Å². The van der Waals surface area contributed by atoms with Crippen LogP contribution in [0.15, 0.2) is 71.6 Å². The van der Waals surface area contributed by atoms with Gasteiger partial charge in [-0.3, -0.25) is 14.3 Å². The molecule has 0 aliphatic carbocycles. The fourth-order valence-corrected chi connectivity index (χ4v) is 4.19.